The molecular weight excluding hydrogens is 466 g/mol. The lowest BCUT2D eigenvalue weighted by atomic mass is 10.1. The van der Waals surface area contributed by atoms with E-state index in [2.05, 4.69) is 15.2 Å². The molecule has 3 aromatic rings. The molecule has 0 unspecified atom stereocenters. The molecule has 2 aromatic carbocycles. The number of hydrogen-bond donors (Lipinski definition) is 1. The SMILES string of the molecule is COc1ccc(Nc2cc(C)nc(N3CCN(C(=O)C(C)(C)Oc4ccc(Cl)cc4)CC3)n2)cc1. The second kappa shape index (κ2) is 10.4. The quantitative estimate of drug-likeness (QED) is 0.509. The summed E-state index contributed by atoms with van der Waals surface area (Å²) in [7, 11) is 1.64. The summed E-state index contributed by atoms with van der Waals surface area (Å²) in [6.07, 6.45) is 0. The largest absolute Gasteiger partial charge is 0.497 e. The molecule has 1 N–H and O–H groups in total. The van der Waals surface area contributed by atoms with Crippen LogP contribution in [0.3, 0.4) is 0 Å². The highest BCUT2D eigenvalue weighted by atomic mass is 35.5. The summed E-state index contributed by atoms with van der Waals surface area (Å²) in [4.78, 5) is 26.5. The van der Waals surface area contributed by atoms with Gasteiger partial charge in [0.1, 0.15) is 17.3 Å². The number of piperazine rings is 1. The van der Waals surface area contributed by atoms with Gasteiger partial charge in [0.05, 0.1) is 7.11 Å². The van der Waals surface area contributed by atoms with E-state index in [-0.39, 0.29) is 5.91 Å². The van der Waals surface area contributed by atoms with Crippen molar-refractivity contribution in [2.24, 2.45) is 0 Å². The van der Waals surface area contributed by atoms with Gasteiger partial charge in [0.15, 0.2) is 5.60 Å². The molecule has 35 heavy (non-hydrogen) atoms. The molecule has 0 saturated carbocycles. The van der Waals surface area contributed by atoms with Gasteiger partial charge in [0.25, 0.3) is 5.91 Å². The van der Waals surface area contributed by atoms with E-state index < -0.39 is 5.60 Å². The Hall–Kier alpha value is -3.52. The molecule has 8 nitrogen and oxygen atoms in total. The lowest BCUT2D eigenvalue weighted by Gasteiger charge is -2.38. The van der Waals surface area contributed by atoms with Crippen LogP contribution in [0.15, 0.2) is 54.6 Å². The number of hydrogen-bond acceptors (Lipinski definition) is 7. The van der Waals surface area contributed by atoms with Crippen molar-refractivity contribution in [1.82, 2.24) is 14.9 Å². The van der Waals surface area contributed by atoms with Crippen molar-refractivity contribution in [1.29, 1.82) is 0 Å². The van der Waals surface area contributed by atoms with Crippen molar-refractivity contribution in [2.45, 2.75) is 26.4 Å². The highest BCUT2D eigenvalue weighted by molar-refractivity contribution is 6.30. The predicted octanol–water partition coefficient (Wildman–Crippen LogP) is 4.70. The van der Waals surface area contributed by atoms with Crippen LogP contribution in [0.4, 0.5) is 17.5 Å². The Morgan fingerprint density at radius 1 is 0.971 bits per heavy atom. The second-order valence-electron chi connectivity index (χ2n) is 8.89. The average molecular weight is 496 g/mol. The molecule has 1 fully saturated rings. The number of methoxy groups -OCH3 is 1. The molecule has 0 atom stereocenters. The van der Waals surface area contributed by atoms with Crippen LogP contribution in [0.25, 0.3) is 0 Å². The lowest BCUT2D eigenvalue weighted by Crippen LogP contribution is -2.56. The van der Waals surface area contributed by atoms with Crippen LogP contribution in [0.1, 0.15) is 19.5 Å². The Labute approximate surface area is 210 Å². The maximum atomic E-state index is 13.2. The van der Waals surface area contributed by atoms with Gasteiger partial charge in [-0.1, -0.05) is 11.6 Å². The summed E-state index contributed by atoms with van der Waals surface area (Å²) in [5.74, 6) is 2.71. The van der Waals surface area contributed by atoms with E-state index in [1.54, 1.807) is 45.2 Å². The fourth-order valence-electron chi connectivity index (χ4n) is 3.91. The van der Waals surface area contributed by atoms with Crippen molar-refractivity contribution in [3.8, 4) is 11.5 Å². The molecule has 1 aliphatic heterocycles. The molecule has 0 radical (unpaired) electrons. The lowest BCUT2D eigenvalue weighted by molar-refractivity contribution is -0.145. The third-order valence-electron chi connectivity index (χ3n) is 5.76. The van der Waals surface area contributed by atoms with Crippen molar-refractivity contribution >= 4 is 35.0 Å². The van der Waals surface area contributed by atoms with Crippen molar-refractivity contribution in [2.75, 3.05) is 43.5 Å². The molecular formula is C26H30ClN5O3. The number of anilines is 3. The summed E-state index contributed by atoms with van der Waals surface area (Å²) in [6.45, 7) is 7.91. The maximum Gasteiger partial charge on any atom is 0.266 e. The van der Waals surface area contributed by atoms with E-state index in [1.165, 1.54) is 0 Å². The molecule has 0 spiro atoms. The zero-order chi connectivity index (χ0) is 25.0. The predicted molar refractivity (Wildman–Crippen MR) is 138 cm³/mol. The van der Waals surface area contributed by atoms with E-state index in [1.807, 2.05) is 42.2 Å². The highest BCUT2D eigenvalue weighted by Gasteiger charge is 2.36. The first-order valence-corrected chi connectivity index (χ1v) is 11.9. The number of ether oxygens (including phenoxy) is 2. The molecule has 0 aliphatic carbocycles. The minimum atomic E-state index is -0.995. The van der Waals surface area contributed by atoms with Gasteiger partial charge in [0.2, 0.25) is 5.95 Å². The summed E-state index contributed by atoms with van der Waals surface area (Å²) in [5, 5.41) is 3.95. The fourth-order valence-corrected chi connectivity index (χ4v) is 4.04. The van der Waals surface area contributed by atoms with Gasteiger partial charge in [-0.3, -0.25) is 4.79 Å². The first-order valence-electron chi connectivity index (χ1n) is 11.5. The first kappa shape index (κ1) is 24.6. The monoisotopic (exact) mass is 495 g/mol. The van der Waals surface area contributed by atoms with Crippen molar-refractivity contribution < 1.29 is 14.3 Å². The zero-order valence-electron chi connectivity index (χ0n) is 20.4. The minimum absolute atomic E-state index is 0.0564. The molecule has 184 valence electrons. The van der Waals surface area contributed by atoms with Gasteiger partial charge in [0, 0.05) is 48.6 Å². The van der Waals surface area contributed by atoms with E-state index in [0.29, 0.717) is 48.7 Å². The molecule has 9 heteroatoms. The van der Waals surface area contributed by atoms with E-state index in [4.69, 9.17) is 26.1 Å². The van der Waals surface area contributed by atoms with Crippen LogP contribution in [-0.4, -0.2) is 59.7 Å². The van der Waals surface area contributed by atoms with Gasteiger partial charge < -0.3 is 24.6 Å². The molecule has 1 aliphatic rings. The number of carbonyl (C=O) groups is 1. The Kier molecular flexibility index (Phi) is 7.31. The summed E-state index contributed by atoms with van der Waals surface area (Å²) in [6, 6.07) is 16.6. The van der Waals surface area contributed by atoms with Crippen molar-refractivity contribution in [3.63, 3.8) is 0 Å². The number of halogens is 1. The smallest absolute Gasteiger partial charge is 0.266 e. The Morgan fingerprint density at radius 2 is 1.60 bits per heavy atom. The third kappa shape index (κ3) is 6.14. The van der Waals surface area contributed by atoms with Crippen molar-refractivity contribution in [3.05, 3.63) is 65.3 Å². The van der Waals surface area contributed by atoms with Gasteiger partial charge in [-0.2, -0.15) is 4.98 Å². The number of rotatable bonds is 7. The Morgan fingerprint density at radius 3 is 2.23 bits per heavy atom. The summed E-state index contributed by atoms with van der Waals surface area (Å²) in [5.41, 5.74) is 0.779. The number of aromatic nitrogens is 2. The number of nitrogens with zero attached hydrogens (tertiary/aromatic N) is 4. The van der Waals surface area contributed by atoms with Gasteiger partial charge in [-0.25, -0.2) is 4.98 Å². The molecule has 4 rings (SSSR count). The topological polar surface area (TPSA) is 79.8 Å². The van der Waals surface area contributed by atoms with Gasteiger partial charge >= 0.3 is 0 Å². The average Bonchev–Trinajstić information content (AvgIpc) is 2.85. The standard InChI is InChI=1S/C26H30ClN5O3/c1-18-17-23(29-20-7-11-21(34-4)12-8-20)30-25(28-18)32-15-13-31(14-16-32)24(33)26(2,3)35-22-9-5-19(27)6-10-22/h5-12,17H,13-16H2,1-4H3,(H,28,29,30). The number of amides is 1. The fraction of sp³-hybridized carbons (Fsp3) is 0.346. The van der Waals surface area contributed by atoms with Crippen LogP contribution in [0, 0.1) is 6.92 Å². The van der Waals surface area contributed by atoms with Crippen LogP contribution in [-0.2, 0) is 4.79 Å². The number of aryl methyl sites for hydroxylation is 1. The molecule has 2 heterocycles. The van der Waals surface area contributed by atoms with Crippen LogP contribution in [0.5, 0.6) is 11.5 Å². The second-order valence-corrected chi connectivity index (χ2v) is 9.33. The number of nitrogens with one attached hydrogen (secondary N) is 1. The summed E-state index contributed by atoms with van der Waals surface area (Å²) < 4.78 is 11.2. The first-order chi connectivity index (χ1) is 16.7. The zero-order valence-corrected chi connectivity index (χ0v) is 21.2. The van der Waals surface area contributed by atoms with Gasteiger partial charge in [-0.05, 0) is 69.3 Å². The normalized spacial score (nSPS) is 14.0. The van der Waals surface area contributed by atoms with Crippen LogP contribution < -0.4 is 19.7 Å². The number of benzene rings is 2. The van der Waals surface area contributed by atoms with Gasteiger partial charge in [-0.15, -0.1) is 0 Å². The summed E-state index contributed by atoms with van der Waals surface area (Å²) >= 11 is 5.95. The Bertz CT molecular complexity index is 1160. The van der Waals surface area contributed by atoms with E-state index in [0.717, 1.165) is 17.1 Å². The van der Waals surface area contributed by atoms with Crippen LogP contribution in [0.2, 0.25) is 5.02 Å². The molecule has 1 saturated heterocycles. The maximum absolute atomic E-state index is 13.2. The third-order valence-corrected chi connectivity index (χ3v) is 6.01. The molecule has 1 aromatic heterocycles. The number of carbonyl (C=O) groups excluding carboxylic acids is 1. The minimum Gasteiger partial charge on any atom is -0.497 e. The van der Waals surface area contributed by atoms with E-state index in [9.17, 15) is 4.79 Å². The van der Waals surface area contributed by atoms with Crippen LogP contribution >= 0.6 is 11.6 Å². The Balaban J connectivity index is 1.38. The molecule has 0 bridgehead atoms. The molecule has 1 amide bonds. The van der Waals surface area contributed by atoms with E-state index >= 15 is 0 Å². The highest BCUT2D eigenvalue weighted by Crippen LogP contribution is 2.24.